The van der Waals surface area contributed by atoms with Crippen LogP contribution >= 0.6 is 0 Å². The first-order chi connectivity index (χ1) is 15.0. The summed E-state index contributed by atoms with van der Waals surface area (Å²) in [6, 6.07) is 8.68. The van der Waals surface area contributed by atoms with Crippen LogP contribution in [0.2, 0.25) is 0 Å². The minimum absolute atomic E-state index is 0.0635. The summed E-state index contributed by atoms with van der Waals surface area (Å²) in [6.45, 7) is 7.52. The molecule has 3 aliphatic rings. The number of ether oxygens (including phenoxy) is 1. The van der Waals surface area contributed by atoms with Crippen LogP contribution in [0.4, 0.5) is 0 Å². The van der Waals surface area contributed by atoms with Crippen molar-refractivity contribution in [3.8, 4) is 0 Å². The number of carbonyl (C=O) groups is 1. The highest BCUT2D eigenvalue weighted by atomic mass is 16.5. The van der Waals surface area contributed by atoms with Gasteiger partial charge in [-0.15, -0.1) is 0 Å². The smallest absolute Gasteiger partial charge is 0.280 e. The highest BCUT2D eigenvalue weighted by molar-refractivity contribution is 6.00. The Kier molecular flexibility index (Phi) is 6.31. The largest absolute Gasteiger partial charge is 0.377 e. The molecular formula is C23H34N6O2. The van der Waals surface area contributed by atoms with Crippen molar-refractivity contribution in [3.05, 3.63) is 47.2 Å². The minimum atomic E-state index is -1.17. The topological polar surface area (TPSA) is 95.2 Å². The zero-order valence-corrected chi connectivity index (χ0v) is 18.7. The number of likely N-dealkylation sites (N-methyl/N-ethyl adjacent to an activating group) is 2. The van der Waals surface area contributed by atoms with E-state index in [1.807, 2.05) is 11.9 Å². The lowest BCUT2D eigenvalue weighted by molar-refractivity contribution is -0.144. The van der Waals surface area contributed by atoms with E-state index in [4.69, 9.17) is 15.5 Å². The molecule has 8 nitrogen and oxygen atoms in total. The maximum absolute atomic E-state index is 13.1. The van der Waals surface area contributed by atoms with Crippen molar-refractivity contribution in [1.82, 2.24) is 20.4 Å². The molecule has 2 atom stereocenters. The third kappa shape index (κ3) is 3.95. The van der Waals surface area contributed by atoms with Crippen molar-refractivity contribution < 1.29 is 9.53 Å². The number of hydrogen-bond acceptors (Lipinski definition) is 6. The summed E-state index contributed by atoms with van der Waals surface area (Å²) >= 11 is 0. The number of benzene rings is 1. The molecule has 3 heterocycles. The van der Waals surface area contributed by atoms with Crippen LogP contribution in [0.1, 0.15) is 31.4 Å². The van der Waals surface area contributed by atoms with Crippen LogP contribution in [0.3, 0.4) is 0 Å². The van der Waals surface area contributed by atoms with Crippen LogP contribution in [0.15, 0.2) is 41.0 Å². The normalized spacial score (nSPS) is 27.5. The van der Waals surface area contributed by atoms with Gasteiger partial charge in [-0.25, -0.2) is 0 Å². The van der Waals surface area contributed by atoms with E-state index in [-0.39, 0.29) is 12.1 Å². The second-order valence-corrected chi connectivity index (χ2v) is 8.51. The molecule has 3 aliphatic heterocycles. The zero-order chi connectivity index (χ0) is 22.0. The van der Waals surface area contributed by atoms with Crippen molar-refractivity contribution in [2.45, 2.75) is 51.1 Å². The number of amidine groups is 1. The molecule has 1 fully saturated rings. The molecule has 4 N–H and O–H groups in total. The van der Waals surface area contributed by atoms with Crippen LogP contribution < -0.4 is 16.4 Å². The lowest BCUT2D eigenvalue weighted by Crippen LogP contribution is -2.77. The Morgan fingerprint density at radius 1 is 1.32 bits per heavy atom. The van der Waals surface area contributed by atoms with E-state index in [0.29, 0.717) is 25.6 Å². The molecule has 31 heavy (non-hydrogen) atoms. The third-order valence-electron chi connectivity index (χ3n) is 6.44. The average Bonchev–Trinajstić information content (AvgIpc) is 2.75. The maximum atomic E-state index is 13.1. The molecule has 168 valence electrons. The quantitative estimate of drug-likeness (QED) is 0.597. The van der Waals surface area contributed by atoms with Crippen molar-refractivity contribution >= 4 is 11.7 Å². The van der Waals surface area contributed by atoms with Gasteiger partial charge in [0.1, 0.15) is 5.84 Å². The molecule has 1 aromatic rings. The summed E-state index contributed by atoms with van der Waals surface area (Å²) in [5.74, 6) is -0.906. The molecule has 0 radical (unpaired) electrons. The first-order valence-corrected chi connectivity index (χ1v) is 11.2. The number of nitrogens with two attached hydrogens (primary N) is 1. The molecule has 2 unspecified atom stereocenters. The molecule has 0 spiro atoms. The van der Waals surface area contributed by atoms with Crippen LogP contribution in [0.5, 0.6) is 0 Å². The standard InChI is InChI=1S/C23H34N6O2/c1-4-10-28(3)23(22(24)30)27-21(26-18-14-31-15-18)12-20(29(23)5-2)19-11-16-8-6-7-9-17(16)13-25-19/h6-9,12,18-19,25H,4-5,10-11,13-15H2,1-3H3,(H2,24,30)(H,26,27). The molecular weight excluding hydrogens is 392 g/mol. The summed E-state index contributed by atoms with van der Waals surface area (Å²) in [5.41, 5.74) is 9.79. The molecule has 0 bridgehead atoms. The summed E-state index contributed by atoms with van der Waals surface area (Å²) in [7, 11) is 1.94. The molecule has 0 aliphatic carbocycles. The molecule has 8 heteroatoms. The predicted octanol–water partition coefficient (Wildman–Crippen LogP) is 0.788. The fraction of sp³-hybridized carbons (Fsp3) is 0.565. The molecule has 4 rings (SSSR count). The van der Waals surface area contributed by atoms with E-state index in [1.54, 1.807) is 0 Å². The van der Waals surface area contributed by atoms with E-state index in [1.165, 1.54) is 11.1 Å². The van der Waals surface area contributed by atoms with Gasteiger partial charge in [-0.05, 0) is 37.9 Å². The fourth-order valence-electron chi connectivity index (χ4n) is 4.80. The van der Waals surface area contributed by atoms with E-state index < -0.39 is 11.7 Å². The number of aliphatic imine (C=N–C) groups is 1. The van der Waals surface area contributed by atoms with Gasteiger partial charge >= 0.3 is 0 Å². The number of primary amides is 1. The number of nitrogens with one attached hydrogen (secondary N) is 2. The van der Waals surface area contributed by atoms with Gasteiger partial charge in [-0.2, -0.15) is 0 Å². The summed E-state index contributed by atoms with van der Waals surface area (Å²) < 4.78 is 5.31. The van der Waals surface area contributed by atoms with Gasteiger partial charge in [0.2, 0.25) is 0 Å². The number of nitrogens with zero attached hydrogens (tertiary/aromatic N) is 3. The van der Waals surface area contributed by atoms with Gasteiger partial charge in [-0.3, -0.25) is 14.7 Å². The Labute approximate surface area is 184 Å². The monoisotopic (exact) mass is 426 g/mol. The van der Waals surface area contributed by atoms with Crippen molar-refractivity contribution in [3.63, 3.8) is 0 Å². The highest BCUT2D eigenvalue weighted by Gasteiger charge is 2.51. The fourth-order valence-corrected chi connectivity index (χ4v) is 4.80. The van der Waals surface area contributed by atoms with Crippen molar-refractivity contribution in [2.24, 2.45) is 10.7 Å². The predicted molar refractivity (Wildman–Crippen MR) is 121 cm³/mol. The van der Waals surface area contributed by atoms with Gasteiger partial charge in [0.15, 0.2) is 0 Å². The van der Waals surface area contributed by atoms with Crippen LogP contribution in [0.25, 0.3) is 0 Å². The Bertz CT molecular complexity index is 881. The Balaban J connectivity index is 1.77. The molecule has 0 saturated carbocycles. The highest BCUT2D eigenvalue weighted by Crippen LogP contribution is 2.31. The van der Waals surface area contributed by atoms with E-state index in [9.17, 15) is 4.79 Å². The molecule has 1 amide bonds. The second-order valence-electron chi connectivity index (χ2n) is 8.51. The SMILES string of the molecule is CCCN(C)C1(C(N)=O)NC(=NC2COC2)C=C(C2Cc3ccccc3CN2)N1CC. The van der Waals surface area contributed by atoms with E-state index >= 15 is 0 Å². The van der Waals surface area contributed by atoms with Crippen LogP contribution in [-0.4, -0.2) is 72.8 Å². The summed E-state index contributed by atoms with van der Waals surface area (Å²) in [6.07, 6.45) is 3.83. The Morgan fingerprint density at radius 2 is 2.06 bits per heavy atom. The maximum Gasteiger partial charge on any atom is 0.280 e. The Morgan fingerprint density at radius 3 is 2.68 bits per heavy atom. The lowest BCUT2D eigenvalue weighted by atomic mass is 9.92. The zero-order valence-electron chi connectivity index (χ0n) is 18.7. The van der Waals surface area contributed by atoms with Gasteiger partial charge in [0.05, 0.1) is 25.3 Å². The lowest BCUT2D eigenvalue weighted by Gasteiger charge is -2.53. The van der Waals surface area contributed by atoms with Gasteiger partial charge in [0.25, 0.3) is 11.7 Å². The molecule has 0 aromatic heterocycles. The third-order valence-corrected chi connectivity index (χ3v) is 6.44. The number of amides is 1. The summed E-state index contributed by atoms with van der Waals surface area (Å²) in [5, 5.41) is 7.08. The second kappa shape index (κ2) is 8.98. The first kappa shape index (κ1) is 21.8. The number of hydrogen-bond donors (Lipinski definition) is 3. The molecule has 1 saturated heterocycles. The van der Waals surface area contributed by atoms with E-state index in [2.05, 4.69) is 59.7 Å². The van der Waals surface area contributed by atoms with E-state index in [0.717, 1.165) is 31.6 Å². The number of fused-ring (bicyclic) bond motifs is 1. The summed E-state index contributed by atoms with van der Waals surface area (Å²) in [4.78, 5) is 22.0. The Hall–Kier alpha value is -2.42. The van der Waals surface area contributed by atoms with Gasteiger partial charge in [-0.1, -0.05) is 31.2 Å². The van der Waals surface area contributed by atoms with Gasteiger partial charge < -0.3 is 26.0 Å². The van der Waals surface area contributed by atoms with Crippen molar-refractivity contribution in [2.75, 3.05) is 33.4 Å². The van der Waals surface area contributed by atoms with Crippen LogP contribution in [0, 0.1) is 0 Å². The molecule has 1 aromatic carbocycles. The van der Waals surface area contributed by atoms with Crippen LogP contribution in [-0.2, 0) is 22.5 Å². The first-order valence-electron chi connectivity index (χ1n) is 11.2. The average molecular weight is 427 g/mol. The minimum Gasteiger partial charge on any atom is -0.377 e. The number of carbonyl (C=O) groups excluding carboxylic acids is 1. The van der Waals surface area contributed by atoms with Gasteiger partial charge in [0, 0.05) is 31.4 Å². The number of rotatable bonds is 7. The van der Waals surface area contributed by atoms with Crippen molar-refractivity contribution in [1.29, 1.82) is 0 Å².